The van der Waals surface area contributed by atoms with Crippen molar-refractivity contribution in [2.45, 2.75) is 25.8 Å². The summed E-state index contributed by atoms with van der Waals surface area (Å²) in [5.41, 5.74) is 2.75. The zero-order chi connectivity index (χ0) is 24.8. The summed E-state index contributed by atoms with van der Waals surface area (Å²) in [7, 11) is 1.53. The lowest BCUT2D eigenvalue weighted by atomic mass is 10.1. The molecule has 0 spiro atoms. The lowest BCUT2D eigenvalue weighted by molar-refractivity contribution is 0.102. The van der Waals surface area contributed by atoms with Crippen molar-refractivity contribution in [3.05, 3.63) is 81.5 Å². The van der Waals surface area contributed by atoms with E-state index >= 15 is 0 Å². The topological polar surface area (TPSA) is 90.3 Å². The second-order valence-corrected chi connectivity index (χ2v) is 9.17. The molecule has 0 saturated carbocycles. The van der Waals surface area contributed by atoms with Crippen LogP contribution >= 0.6 is 23.2 Å². The summed E-state index contributed by atoms with van der Waals surface area (Å²) in [6.07, 6.45) is 4.97. The minimum absolute atomic E-state index is 0.328. The van der Waals surface area contributed by atoms with Gasteiger partial charge in [0.05, 0.1) is 23.4 Å². The number of hydrogen-bond acceptors (Lipinski definition) is 5. The SMILES string of the molecule is COc1cc(Cl)cc(C(=O)Nc2ccc(Cl)cn2)c1NCc1ccc(C(=N)N2CCCCC2)cc1. The Bertz CT molecular complexity index is 1190. The van der Waals surface area contributed by atoms with E-state index in [1.807, 2.05) is 24.3 Å². The van der Waals surface area contributed by atoms with E-state index in [1.54, 1.807) is 24.3 Å². The summed E-state index contributed by atoms with van der Waals surface area (Å²) < 4.78 is 5.50. The molecule has 3 N–H and O–H groups in total. The predicted octanol–water partition coefficient (Wildman–Crippen LogP) is 6.07. The molecule has 1 fully saturated rings. The number of nitrogens with one attached hydrogen (secondary N) is 3. The maximum atomic E-state index is 13.1. The number of carbonyl (C=O) groups is 1. The van der Waals surface area contributed by atoms with Gasteiger partial charge < -0.3 is 20.3 Å². The van der Waals surface area contributed by atoms with Crippen LogP contribution in [0.15, 0.2) is 54.7 Å². The number of methoxy groups -OCH3 is 1. The Morgan fingerprint density at radius 3 is 2.46 bits per heavy atom. The van der Waals surface area contributed by atoms with Gasteiger partial charge >= 0.3 is 0 Å². The first kappa shape index (κ1) is 24.8. The highest BCUT2D eigenvalue weighted by Crippen LogP contribution is 2.33. The molecular formula is C26H27Cl2N5O2. The number of halogens is 2. The Hall–Kier alpha value is -3.29. The van der Waals surface area contributed by atoms with Gasteiger partial charge in [-0.05, 0) is 43.0 Å². The predicted molar refractivity (Wildman–Crippen MR) is 141 cm³/mol. The smallest absolute Gasteiger partial charge is 0.259 e. The van der Waals surface area contributed by atoms with Crippen LogP contribution in [0.5, 0.6) is 5.75 Å². The number of rotatable bonds is 7. The van der Waals surface area contributed by atoms with Gasteiger partial charge in [-0.25, -0.2) is 4.98 Å². The Balaban J connectivity index is 1.49. The van der Waals surface area contributed by atoms with Crippen LogP contribution in [0.25, 0.3) is 0 Å². The third kappa shape index (κ3) is 6.24. The number of likely N-dealkylation sites (tertiary alicyclic amines) is 1. The number of hydrogen-bond donors (Lipinski definition) is 3. The maximum Gasteiger partial charge on any atom is 0.259 e. The highest BCUT2D eigenvalue weighted by atomic mass is 35.5. The van der Waals surface area contributed by atoms with E-state index in [4.69, 9.17) is 33.3 Å². The molecule has 0 atom stereocenters. The van der Waals surface area contributed by atoms with Crippen LogP contribution in [0.3, 0.4) is 0 Å². The van der Waals surface area contributed by atoms with Gasteiger partial charge in [0.1, 0.15) is 17.4 Å². The summed E-state index contributed by atoms with van der Waals surface area (Å²) in [6.45, 7) is 2.33. The van der Waals surface area contributed by atoms with Crippen LogP contribution in [0.1, 0.15) is 40.7 Å². The number of ether oxygens (including phenoxy) is 1. The molecule has 7 nitrogen and oxygen atoms in total. The van der Waals surface area contributed by atoms with E-state index in [-0.39, 0.29) is 5.91 Å². The standard InChI is InChI=1S/C26H27Cl2N5O2/c1-35-22-14-20(28)13-21(26(34)32-23-10-9-19(27)16-30-23)24(22)31-15-17-5-7-18(8-6-17)25(29)33-11-3-2-4-12-33/h5-10,13-14,16,29,31H,2-4,11-12,15H2,1H3,(H,30,32,34). The van der Waals surface area contributed by atoms with Gasteiger partial charge in [0, 0.05) is 42.5 Å². The van der Waals surface area contributed by atoms with E-state index in [1.165, 1.54) is 19.7 Å². The molecule has 0 aliphatic carbocycles. The number of anilines is 2. The average Bonchev–Trinajstić information content (AvgIpc) is 2.89. The third-order valence-corrected chi connectivity index (χ3v) is 6.31. The average molecular weight is 512 g/mol. The third-order valence-electron chi connectivity index (χ3n) is 5.87. The number of carbonyl (C=O) groups excluding carboxylic acids is 1. The molecule has 9 heteroatoms. The van der Waals surface area contributed by atoms with Crippen LogP contribution in [0.4, 0.5) is 11.5 Å². The first-order valence-corrected chi connectivity index (χ1v) is 12.2. The highest BCUT2D eigenvalue weighted by Gasteiger charge is 2.19. The summed E-state index contributed by atoms with van der Waals surface area (Å²) >= 11 is 12.1. The summed E-state index contributed by atoms with van der Waals surface area (Å²) in [5, 5.41) is 15.4. The lowest BCUT2D eigenvalue weighted by Gasteiger charge is -2.29. The number of piperidine rings is 1. The van der Waals surface area contributed by atoms with Gasteiger partial charge in [0.25, 0.3) is 5.91 Å². The van der Waals surface area contributed by atoms with E-state index in [0.29, 0.717) is 45.2 Å². The molecule has 1 amide bonds. The van der Waals surface area contributed by atoms with Gasteiger partial charge in [-0.15, -0.1) is 0 Å². The van der Waals surface area contributed by atoms with Gasteiger partial charge in [-0.3, -0.25) is 10.2 Å². The number of aromatic nitrogens is 1. The first-order valence-electron chi connectivity index (χ1n) is 11.4. The van der Waals surface area contributed by atoms with E-state index < -0.39 is 0 Å². The normalized spacial score (nSPS) is 13.3. The minimum atomic E-state index is -0.381. The molecule has 0 radical (unpaired) electrons. The molecule has 2 aromatic carbocycles. The number of amidine groups is 1. The highest BCUT2D eigenvalue weighted by molar-refractivity contribution is 6.31. The summed E-state index contributed by atoms with van der Waals surface area (Å²) in [4.78, 5) is 19.3. The minimum Gasteiger partial charge on any atom is -0.495 e. The fourth-order valence-electron chi connectivity index (χ4n) is 4.01. The van der Waals surface area contributed by atoms with Crippen molar-refractivity contribution in [2.75, 3.05) is 30.8 Å². The van der Waals surface area contributed by atoms with Gasteiger partial charge in [-0.2, -0.15) is 0 Å². The molecule has 1 aliphatic heterocycles. The van der Waals surface area contributed by atoms with Crippen LogP contribution in [-0.2, 0) is 6.54 Å². The van der Waals surface area contributed by atoms with Gasteiger partial charge in [0.2, 0.25) is 0 Å². The number of nitrogens with zero attached hydrogens (tertiary/aromatic N) is 2. The van der Waals surface area contributed by atoms with Crippen molar-refractivity contribution in [1.82, 2.24) is 9.88 Å². The largest absolute Gasteiger partial charge is 0.495 e. The molecule has 35 heavy (non-hydrogen) atoms. The Labute approximate surface area is 214 Å². The Morgan fingerprint density at radius 1 is 1.06 bits per heavy atom. The zero-order valence-corrected chi connectivity index (χ0v) is 20.9. The first-order chi connectivity index (χ1) is 16.9. The fourth-order valence-corrected chi connectivity index (χ4v) is 4.33. The van der Waals surface area contributed by atoms with Gasteiger partial charge in [0.15, 0.2) is 0 Å². The molecule has 0 bridgehead atoms. The molecule has 0 unspecified atom stereocenters. The molecule has 2 heterocycles. The Kier molecular flexibility index (Phi) is 8.10. The molecule has 1 saturated heterocycles. The van der Waals surface area contributed by atoms with Crippen molar-refractivity contribution in [3.8, 4) is 5.75 Å². The van der Waals surface area contributed by atoms with E-state index in [2.05, 4.69) is 20.5 Å². The molecule has 3 aromatic rings. The maximum absolute atomic E-state index is 13.1. The van der Waals surface area contributed by atoms with Crippen molar-refractivity contribution in [3.63, 3.8) is 0 Å². The quantitative estimate of drug-likeness (QED) is 0.264. The summed E-state index contributed by atoms with van der Waals surface area (Å²) in [6, 6.07) is 14.4. The lowest BCUT2D eigenvalue weighted by Crippen LogP contribution is -2.35. The van der Waals surface area contributed by atoms with E-state index in [0.717, 1.165) is 37.1 Å². The van der Waals surface area contributed by atoms with Crippen molar-refractivity contribution < 1.29 is 9.53 Å². The van der Waals surface area contributed by atoms with Crippen LogP contribution < -0.4 is 15.4 Å². The second-order valence-electron chi connectivity index (χ2n) is 8.29. The molecule has 4 rings (SSSR count). The number of pyridine rings is 1. The van der Waals surface area contributed by atoms with E-state index in [9.17, 15) is 4.79 Å². The van der Waals surface area contributed by atoms with Crippen molar-refractivity contribution >= 4 is 46.4 Å². The van der Waals surface area contributed by atoms with Crippen LogP contribution in [-0.4, -0.2) is 41.8 Å². The number of amides is 1. The van der Waals surface area contributed by atoms with Crippen molar-refractivity contribution in [1.29, 1.82) is 5.41 Å². The van der Waals surface area contributed by atoms with Crippen LogP contribution in [0.2, 0.25) is 10.0 Å². The molecule has 1 aromatic heterocycles. The van der Waals surface area contributed by atoms with Crippen LogP contribution in [0, 0.1) is 5.41 Å². The van der Waals surface area contributed by atoms with Crippen molar-refractivity contribution in [2.24, 2.45) is 0 Å². The monoisotopic (exact) mass is 511 g/mol. The second kappa shape index (κ2) is 11.4. The fraction of sp³-hybridized carbons (Fsp3) is 0.269. The Morgan fingerprint density at radius 2 is 1.80 bits per heavy atom. The summed E-state index contributed by atoms with van der Waals surface area (Å²) in [5.74, 6) is 1.01. The number of benzene rings is 2. The molecule has 1 aliphatic rings. The van der Waals surface area contributed by atoms with Gasteiger partial charge in [-0.1, -0.05) is 47.5 Å². The zero-order valence-electron chi connectivity index (χ0n) is 19.4. The molecular weight excluding hydrogens is 485 g/mol. The molecule has 182 valence electrons.